The fourth-order valence-electron chi connectivity index (χ4n) is 5.09. The monoisotopic (exact) mass is 420 g/mol. The lowest BCUT2D eigenvalue weighted by Crippen LogP contribution is -1.99. The molecule has 1 heterocycles. The highest BCUT2D eigenvalue weighted by atomic mass is 15.1. The van der Waals surface area contributed by atoms with Gasteiger partial charge in [0.05, 0.1) is 16.7 Å². The van der Waals surface area contributed by atoms with Gasteiger partial charge in [-0.25, -0.2) is 4.98 Å². The zero-order chi connectivity index (χ0) is 21.8. The molecular weight excluding hydrogens is 400 g/mol. The van der Waals surface area contributed by atoms with E-state index in [4.69, 9.17) is 4.98 Å². The third-order valence-electron chi connectivity index (χ3n) is 6.56. The summed E-state index contributed by atoms with van der Waals surface area (Å²) in [7, 11) is 0. The summed E-state index contributed by atoms with van der Waals surface area (Å²) in [5, 5.41) is 7.58. The lowest BCUT2D eigenvalue weighted by molar-refractivity contribution is 1.12. The van der Waals surface area contributed by atoms with Gasteiger partial charge in [-0.1, -0.05) is 103 Å². The third kappa shape index (κ3) is 2.71. The maximum absolute atomic E-state index is 5.06. The number of aromatic nitrogens is 2. The number of hydrogen-bond acceptors (Lipinski definition) is 1. The van der Waals surface area contributed by atoms with Crippen molar-refractivity contribution < 1.29 is 0 Å². The van der Waals surface area contributed by atoms with Crippen LogP contribution in [0, 0.1) is 0 Å². The van der Waals surface area contributed by atoms with Crippen LogP contribution in [0.4, 0.5) is 0 Å². The standard InChI is InChI=1S/C31H20N2/c1-2-11-22(12-3-1)31-32-27-16-8-9-17-28(27)33(31)29-20-23-19-18-21-10-4-5-13-24(21)30(23)26-15-7-6-14-25(26)29/h1-20H. The Morgan fingerprint density at radius 3 is 2.06 bits per heavy atom. The lowest BCUT2D eigenvalue weighted by atomic mass is 9.95. The maximum atomic E-state index is 5.06. The molecule has 154 valence electrons. The number of nitrogens with zero attached hydrogens (tertiary/aromatic N) is 2. The molecule has 7 aromatic rings. The number of hydrogen-bond donors (Lipinski definition) is 0. The lowest BCUT2D eigenvalue weighted by Gasteiger charge is -2.16. The van der Waals surface area contributed by atoms with Gasteiger partial charge in [0.25, 0.3) is 0 Å². The fourth-order valence-corrected chi connectivity index (χ4v) is 5.09. The minimum Gasteiger partial charge on any atom is -0.292 e. The number of benzene rings is 6. The van der Waals surface area contributed by atoms with Crippen molar-refractivity contribution in [2.45, 2.75) is 0 Å². The largest absolute Gasteiger partial charge is 0.292 e. The van der Waals surface area contributed by atoms with Gasteiger partial charge >= 0.3 is 0 Å². The van der Waals surface area contributed by atoms with Crippen molar-refractivity contribution >= 4 is 43.4 Å². The molecule has 0 amide bonds. The average Bonchev–Trinajstić information content (AvgIpc) is 3.28. The zero-order valence-electron chi connectivity index (χ0n) is 17.9. The van der Waals surface area contributed by atoms with Crippen LogP contribution in [-0.4, -0.2) is 9.55 Å². The molecule has 2 nitrogen and oxygen atoms in total. The minimum absolute atomic E-state index is 0.960. The predicted molar refractivity (Wildman–Crippen MR) is 139 cm³/mol. The normalized spacial score (nSPS) is 11.6. The molecule has 0 unspecified atom stereocenters. The molecule has 0 N–H and O–H groups in total. The first kappa shape index (κ1) is 18.2. The van der Waals surface area contributed by atoms with Gasteiger partial charge in [-0.3, -0.25) is 4.57 Å². The summed E-state index contributed by atoms with van der Waals surface area (Å²) in [6.45, 7) is 0. The van der Waals surface area contributed by atoms with Crippen molar-refractivity contribution in [3.05, 3.63) is 121 Å². The molecule has 0 aliphatic heterocycles. The number of fused-ring (bicyclic) bond motifs is 6. The van der Waals surface area contributed by atoms with Crippen molar-refractivity contribution in [1.29, 1.82) is 0 Å². The summed E-state index contributed by atoms with van der Waals surface area (Å²) in [6.07, 6.45) is 0. The van der Waals surface area contributed by atoms with Crippen molar-refractivity contribution in [2.75, 3.05) is 0 Å². The Morgan fingerprint density at radius 1 is 0.515 bits per heavy atom. The van der Waals surface area contributed by atoms with Gasteiger partial charge in [0, 0.05) is 10.9 Å². The van der Waals surface area contributed by atoms with E-state index < -0.39 is 0 Å². The van der Waals surface area contributed by atoms with Gasteiger partial charge in [-0.15, -0.1) is 0 Å². The highest BCUT2D eigenvalue weighted by molar-refractivity contribution is 6.22. The number of para-hydroxylation sites is 2. The quantitative estimate of drug-likeness (QED) is 0.258. The van der Waals surface area contributed by atoms with Crippen molar-refractivity contribution in [3.8, 4) is 17.1 Å². The Bertz CT molecular complexity index is 1810. The summed E-state index contributed by atoms with van der Waals surface area (Å²) < 4.78 is 2.32. The van der Waals surface area contributed by atoms with Gasteiger partial charge < -0.3 is 0 Å². The van der Waals surface area contributed by atoms with Crippen molar-refractivity contribution in [1.82, 2.24) is 9.55 Å². The highest BCUT2D eigenvalue weighted by Crippen LogP contribution is 2.38. The second-order valence-corrected chi connectivity index (χ2v) is 8.45. The molecular formula is C31H20N2. The van der Waals surface area contributed by atoms with E-state index in [-0.39, 0.29) is 0 Å². The Morgan fingerprint density at radius 2 is 1.18 bits per heavy atom. The first-order valence-electron chi connectivity index (χ1n) is 11.2. The van der Waals surface area contributed by atoms with Crippen LogP contribution in [-0.2, 0) is 0 Å². The van der Waals surface area contributed by atoms with Crippen LogP contribution in [0.1, 0.15) is 0 Å². The second kappa shape index (κ2) is 7.04. The SMILES string of the molecule is c1ccc(-c2nc3ccccc3n2-c2cc3ccc4ccccc4c3c3ccccc23)cc1. The van der Waals surface area contributed by atoms with Gasteiger partial charge in [-0.2, -0.15) is 0 Å². The molecule has 0 saturated heterocycles. The van der Waals surface area contributed by atoms with Crippen LogP contribution in [0.25, 0.3) is 60.4 Å². The smallest absolute Gasteiger partial charge is 0.145 e. The van der Waals surface area contributed by atoms with E-state index in [0.717, 1.165) is 28.1 Å². The minimum atomic E-state index is 0.960. The van der Waals surface area contributed by atoms with Crippen LogP contribution in [0.15, 0.2) is 121 Å². The summed E-state index contributed by atoms with van der Waals surface area (Å²) in [6, 6.07) is 43.0. The van der Waals surface area contributed by atoms with E-state index in [1.807, 2.05) is 6.07 Å². The van der Waals surface area contributed by atoms with E-state index in [1.165, 1.54) is 32.3 Å². The zero-order valence-corrected chi connectivity index (χ0v) is 17.9. The van der Waals surface area contributed by atoms with E-state index in [9.17, 15) is 0 Å². The molecule has 1 aromatic heterocycles. The highest BCUT2D eigenvalue weighted by Gasteiger charge is 2.17. The van der Waals surface area contributed by atoms with E-state index >= 15 is 0 Å². The summed E-state index contributed by atoms with van der Waals surface area (Å²) in [5.41, 5.74) is 4.37. The molecule has 6 aromatic carbocycles. The Balaban J connectivity index is 1.67. The van der Waals surface area contributed by atoms with Crippen LogP contribution < -0.4 is 0 Å². The second-order valence-electron chi connectivity index (χ2n) is 8.45. The molecule has 0 atom stereocenters. The van der Waals surface area contributed by atoms with Gasteiger partial charge in [0.1, 0.15) is 5.82 Å². The number of rotatable bonds is 2. The van der Waals surface area contributed by atoms with Crippen molar-refractivity contribution in [3.63, 3.8) is 0 Å². The molecule has 7 rings (SSSR count). The van der Waals surface area contributed by atoms with Crippen LogP contribution >= 0.6 is 0 Å². The molecule has 0 saturated carbocycles. The van der Waals surface area contributed by atoms with Crippen LogP contribution in [0.2, 0.25) is 0 Å². The van der Waals surface area contributed by atoms with Gasteiger partial charge in [0.2, 0.25) is 0 Å². The molecule has 2 heteroatoms. The Labute approximate surface area is 191 Å². The predicted octanol–water partition coefficient (Wildman–Crippen LogP) is 8.15. The molecule has 0 bridgehead atoms. The molecule has 0 radical (unpaired) electrons. The first-order valence-corrected chi connectivity index (χ1v) is 11.2. The van der Waals surface area contributed by atoms with E-state index in [2.05, 4.69) is 120 Å². The molecule has 33 heavy (non-hydrogen) atoms. The van der Waals surface area contributed by atoms with E-state index in [0.29, 0.717) is 0 Å². The van der Waals surface area contributed by atoms with Crippen molar-refractivity contribution in [2.24, 2.45) is 0 Å². The van der Waals surface area contributed by atoms with E-state index in [1.54, 1.807) is 0 Å². The summed E-state index contributed by atoms with van der Waals surface area (Å²) >= 11 is 0. The van der Waals surface area contributed by atoms with Gasteiger partial charge in [0.15, 0.2) is 0 Å². The Hall–Kier alpha value is -4.43. The summed E-state index contributed by atoms with van der Waals surface area (Å²) in [4.78, 5) is 5.06. The molecule has 0 fully saturated rings. The summed E-state index contributed by atoms with van der Waals surface area (Å²) in [5.74, 6) is 0.960. The fraction of sp³-hybridized carbons (Fsp3) is 0. The first-order chi connectivity index (χ1) is 16.4. The average molecular weight is 421 g/mol. The molecule has 0 aliphatic rings. The molecule has 0 spiro atoms. The molecule has 0 aliphatic carbocycles. The van der Waals surface area contributed by atoms with Crippen LogP contribution in [0.3, 0.4) is 0 Å². The topological polar surface area (TPSA) is 17.8 Å². The Kier molecular flexibility index (Phi) is 3.88. The van der Waals surface area contributed by atoms with Gasteiger partial charge in [-0.05, 0) is 45.1 Å². The maximum Gasteiger partial charge on any atom is 0.145 e. The third-order valence-corrected chi connectivity index (χ3v) is 6.56. The number of imidazole rings is 1. The van der Waals surface area contributed by atoms with Crippen LogP contribution in [0.5, 0.6) is 0 Å².